The van der Waals surface area contributed by atoms with Crippen molar-refractivity contribution in [1.29, 1.82) is 0 Å². The van der Waals surface area contributed by atoms with Gasteiger partial charge in [0.05, 0.1) is 7.11 Å². The van der Waals surface area contributed by atoms with Gasteiger partial charge in [-0.1, -0.05) is 24.3 Å². The minimum absolute atomic E-state index is 0.347. The van der Waals surface area contributed by atoms with Gasteiger partial charge in [0, 0.05) is 16.3 Å². The smallest absolute Gasteiger partial charge is 0.154 e. The Morgan fingerprint density at radius 3 is 2.55 bits per heavy atom. The molecule has 0 spiro atoms. The van der Waals surface area contributed by atoms with Crippen molar-refractivity contribution in [1.82, 2.24) is 10.2 Å². The zero-order chi connectivity index (χ0) is 14.1. The molecule has 2 aromatic carbocycles. The van der Waals surface area contributed by atoms with Crippen LogP contribution in [-0.4, -0.2) is 17.3 Å². The lowest BCUT2D eigenvalue weighted by Gasteiger charge is -2.10. The predicted molar refractivity (Wildman–Crippen MR) is 75.9 cm³/mol. The van der Waals surface area contributed by atoms with Crippen LogP contribution in [0.2, 0.25) is 0 Å². The lowest BCUT2D eigenvalue weighted by atomic mass is 10.0. The maximum atomic E-state index is 13.5. The van der Waals surface area contributed by atoms with E-state index in [1.165, 1.54) is 19.2 Å². The Hall–Kier alpha value is -2.69. The first-order valence-corrected chi connectivity index (χ1v) is 6.05. The van der Waals surface area contributed by atoms with Crippen molar-refractivity contribution < 1.29 is 9.13 Å². The molecule has 0 atom stereocenters. The van der Waals surface area contributed by atoms with Crippen molar-refractivity contribution in [2.45, 2.75) is 0 Å². The number of nitrogens with zero attached hydrogens (tertiary/aromatic N) is 2. The van der Waals surface area contributed by atoms with E-state index >= 15 is 0 Å². The number of aromatic nitrogens is 2. The van der Waals surface area contributed by atoms with Gasteiger partial charge in [-0.3, -0.25) is 0 Å². The van der Waals surface area contributed by atoms with Crippen LogP contribution >= 0.6 is 0 Å². The van der Waals surface area contributed by atoms with Gasteiger partial charge in [0.2, 0.25) is 0 Å². The van der Waals surface area contributed by atoms with Gasteiger partial charge >= 0.3 is 0 Å². The Balaban J connectivity index is 2.36. The largest absolute Gasteiger partial charge is 0.496 e. The van der Waals surface area contributed by atoms with Crippen LogP contribution in [-0.2, 0) is 0 Å². The van der Waals surface area contributed by atoms with Crippen molar-refractivity contribution in [3.63, 3.8) is 0 Å². The summed E-state index contributed by atoms with van der Waals surface area (Å²) in [4.78, 5) is 0. The van der Waals surface area contributed by atoms with Gasteiger partial charge in [0.25, 0.3) is 0 Å². The SMILES string of the molecule is COc1ccc(F)cc1-c1nnc(N)c2ccccc12. The highest BCUT2D eigenvalue weighted by Crippen LogP contribution is 2.34. The summed E-state index contributed by atoms with van der Waals surface area (Å²) in [6, 6.07) is 11.8. The second-order valence-corrected chi connectivity index (χ2v) is 4.32. The Morgan fingerprint density at radius 1 is 1.05 bits per heavy atom. The number of nitrogen functional groups attached to an aromatic ring is 1. The van der Waals surface area contributed by atoms with E-state index in [0.717, 1.165) is 10.8 Å². The van der Waals surface area contributed by atoms with Gasteiger partial charge in [-0.15, -0.1) is 10.2 Å². The molecule has 20 heavy (non-hydrogen) atoms. The van der Waals surface area contributed by atoms with Gasteiger partial charge < -0.3 is 10.5 Å². The minimum atomic E-state index is -0.358. The average molecular weight is 269 g/mol. The number of rotatable bonds is 2. The van der Waals surface area contributed by atoms with Gasteiger partial charge in [-0.05, 0) is 18.2 Å². The van der Waals surface area contributed by atoms with E-state index in [0.29, 0.717) is 22.8 Å². The Kier molecular flexibility index (Phi) is 2.95. The molecule has 2 N–H and O–H groups in total. The topological polar surface area (TPSA) is 61.0 Å². The number of fused-ring (bicyclic) bond motifs is 1. The molecule has 0 amide bonds. The fraction of sp³-hybridized carbons (Fsp3) is 0.0667. The molecule has 1 heterocycles. The molecule has 0 unspecified atom stereocenters. The molecule has 0 aliphatic carbocycles. The minimum Gasteiger partial charge on any atom is -0.496 e. The molecule has 4 nitrogen and oxygen atoms in total. The molecule has 3 rings (SSSR count). The lowest BCUT2D eigenvalue weighted by Crippen LogP contribution is -1.99. The van der Waals surface area contributed by atoms with Crippen LogP contribution in [0.5, 0.6) is 5.75 Å². The highest BCUT2D eigenvalue weighted by Gasteiger charge is 2.14. The first-order valence-electron chi connectivity index (χ1n) is 6.05. The van der Waals surface area contributed by atoms with E-state index in [4.69, 9.17) is 10.5 Å². The summed E-state index contributed by atoms with van der Waals surface area (Å²) in [6.45, 7) is 0. The summed E-state index contributed by atoms with van der Waals surface area (Å²) in [5, 5.41) is 9.63. The zero-order valence-electron chi connectivity index (χ0n) is 10.8. The Morgan fingerprint density at radius 2 is 1.80 bits per heavy atom. The summed E-state index contributed by atoms with van der Waals surface area (Å²) in [6.07, 6.45) is 0. The number of nitrogens with two attached hydrogens (primary N) is 1. The number of anilines is 1. The maximum Gasteiger partial charge on any atom is 0.154 e. The molecule has 1 aromatic heterocycles. The van der Waals surface area contributed by atoms with E-state index in [-0.39, 0.29) is 5.82 Å². The van der Waals surface area contributed by atoms with Gasteiger partial charge in [-0.25, -0.2) is 4.39 Å². The zero-order valence-corrected chi connectivity index (χ0v) is 10.8. The highest BCUT2D eigenvalue weighted by atomic mass is 19.1. The Bertz CT molecular complexity index is 789. The number of ether oxygens (including phenoxy) is 1. The molecule has 0 aliphatic rings. The second kappa shape index (κ2) is 4.77. The normalized spacial score (nSPS) is 10.7. The number of hydrogen-bond acceptors (Lipinski definition) is 4. The van der Waals surface area contributed by atoms with Gasteiger partial charge in [0.1, 0.15) is 17.3 Å². The van der Waals surface area contributed by atoms with Crippen molar-refractivity contribution in [3.05, 3.63) is 48.3 Å². The summed E-state index contributed by atoms with van der Waals surface area (Å²) < 4.78 is 18.8. The van der Waals surface area contributed by atoms with E-state index in [1.807, 2.05) is 24.3 Å². The van der Waals surface area contributed by atoms with Crippen molar-refractivity contribution in [3.8, 4) is 17.0 Å². The molecular weight excluding hydrogens is 257 g/mol. The van der Waals surface area contributed by atoms with Gasteiger partial charge in [0.15, 0.2) is 5.82 Å². The number of hydrogen-bond donors (Lipinski definition) is 1. The van der Waals surface area contributed by atoms with Crippen LogP contribution in [0.3, 0.4) is 0 Å². The summed E-state index contributed by atoms with van der Waals surface area (Å²) >= 11 is 0. The maximum absolute atomic E-state index is 13.5. The molecule has 3 aromatic rings. The monoisotopic (exact) mass is 269 g/mol. The van der Waals surface area contributed by atoms with Crippen molar-refractivity contribution >= 4 is 16.6 Å². The molecular formula is C15H12FN3O. The van der Waals surface area contributed by atoms with Gasteiger partial charge in [-0.2, -0.15) is 0 Å². The Labute approximate surface area is 115 Å². The summed E-state index contributed by atoms with van der Waals surface area (Å²) in [7, 11) is 1.53. The quantitative estimate of drug-likeness (QED) is 0.776. The summed E-state index contributed by atoms with van der Waals surface area (Å²) in [5.74, 6) is 0.527. The van der Waals surface area contributed by atoms with E-state index in [9.17, 15) is 4.39 Å². The standard InChI is InChI=1S/C15H12FN3O/c1-20-13-7-6-9(16)8-12(13)14-10-4-2-3-5-11(10)15(17)19-18-14/h2-8H,1H3,(H2,17,19). The average Bonchev–Trinajstić information content (AvgIpc) is 2.48. The molecule has 0 bridgehead atoms. The molecule has 0 saturated carbocycles. The van der Waals surface area contributed by atoms with E-state index in [2.05, 4.69) is 10.2 Å². The third-order valence-corrected chi connectivity index (χ3v) is 3.13. The van der Waals surface area contributed by atoms with Crippen LogP contribution in [0.25, 0.3) is 22.0 Å². The molecule has 0 aliphatic heterocycles. The predicted octanol–water partition coefficient (Wildman–Crippen LogP) is 3.03. The molecule has 5 heteroatoms. The fourth-order valence-electron chi connectivity index (χ4n) is 2.19. The van der Waals surface area contributed by atoms with Crippen LogP contribution in [0.15, 0.2) is 42.5 Å². The second-order valence-electron chi connectivity index (χ2n) is 4.32. The first-order chi connectivity index (χ1) is 9.70. The molecule has 0 saturated heterocycles. The van der Waals surface area contributed by atoms with Crippen LogP contribution in [0.4, 0.5) is 10.2 Å². The highest BCUT2D eigenvalue weighted by molar-refractivity contribution is 6.00. The van der Waals surface area contributed by atoms with E-state index in [1.54, 1.807) is 6.07 Å². The van der Waals surface area contributed by atoms with E-state index < -0.39 is 0 Å². The number of benzene rings is 2. The van der Waals surface area contributed by atoms with Crippen molar-refractivity contribution in [2.24, 2.45) is 0 Å². The van der Waals surface area contributed by atoms with Crippen LogP contribution in [0.1, 0.15) is 0 Å². The van der Waals surface area contributed by atoms with Crippen LogP contribution in [0, 0.1) is 5.82 Å². The van der Waals surface area contributed by atoms with Crippen molar-refractivity contribution in [2.75, 3.05) is 12.8 Å². The third-order valence-electron chi connectivity index (χ3n) is 3.13. The lowest BCUT2D eigenvalue weighted by molar-refractivity contribution is 0.415. The number of methoxy groups -OCH3 is 1. The van der Waals surface area contributed by atoms with Crippen LogP contribution < -0.4 is 10.5 Å². The third kappa shape index (κ3) is 1.93. The molecule has 0 fully saturated rings. The summed E-state index contributed by atoms with van der Waals surface area (Å²) in [5.41, 5.74) is 6.92. The fourth-order valence-corrected chi connectivity index (χ4v) is 2.19. The molecule has 0 radical (unpaired) electrons. The molecule has 100 valence electrons. The number of halogens is 1. The first kappa shape index (κ1) is 12.3.